The van der Waals surface area contributed by atoms with Gasteiger partial charge in [-0.2, -0.15) is 0 Å². The molecule has 0 N–H and O–H groups in total. The molecule has 1 fully saturated rings. The maximum atomic E-state index is 12.4. The monoisotopic (exact) mass is 208 g/mol. The van der Waals surface area contributed by atoms with Crippen molar-refractivity contribution in [1.29, 1.82) is 0 Å². The standard InChI is InChI=1S/C14H24O/c1-7-14(6)12(10(4)5)8-11(9(2)3)13(14)15/h9,11H,7-8H2,1-6H3. The van der Waals surface area contributed by atoms with E-state index in [9.17, 15) is 4.79 Å². The molecule has 0 spiro atoms. The summed E-state index contributed by atoms with van der Waals surface area (Å²) >= 11 is 0. The summed E-state index contributed by atoms with van der Waals surface area (Å²) in [7, 11) is 0. The van der Waals surface area contributed by atoms with Crippen molar-refractivity contribution in [2.75, 3.05) is 0 Å². The van der Waals surface area contributed by atoms with Crippen molar-refractivity contribution >= 4 is 5.78 Å². The van der Waals surface area contributed by atoms with E-state index in [2.05, 4.69) is 41.5 Å². The molecule has 1 aliphatic rings. The van der Waals surface area contributed by atoms with Gasteiger partial charge in [-0.05, 0) is 39.5 Å². The molecule has 0 aliphatic heterocycles. The number of rotatable bonds is 2. The summed E-state index contributed by atoms with van der Waals surface area (Å²) in [4.78, 5) is 12.4. The number of hydrogen-bond acceptors (Lipinski definition) is 1. The van der Waals surface area contributed by atoms with Gasteiger partial charge in [0.15, 0.2) is 0 Å². The lowest BCUT2D eigenvalue weighted by Gasteiger charge is -2.24. The molecule has 0 saturated heterocycles. The summed E-state index contributed by atoms with van der Waals surface area (Å²) < 4.78 is 0. The topological polar surface area (TPSA) is 17.1 Å². The third kappa shape index (κ3) is 1.89. The summed E-state index contributed by atoms with van der Waals surface area (Å²) in [5, 5.41) is 0. The molecule has 1 nitrogen and oxygen atoms in total. The Labute approximate surface area is 93.9 Å². The lowest BCUT2D eigenvalue weighted by atomic mass is 9.78. The van der Waals surface area contributed by atoms with E-state index in [-0.39, 0.29) is 11.3 Å². The molecule has 0 aromatic carbocycles. The molecule has 2 atom stereocenters. The fourth-order valence-electron chi connectivity index (χ4n) is 2.78. The molecule has 0 radical (unpaired) electrons. The van der Waals surface area contributed by atoms with E-state index in [4.69, 9.17) is 0 Å². The highest BCUT2D eigenvalue weighted by molar-refractivity contribution is 5.93. The molecule has 1 heteroatoms. The van der Waals surface area contributed by atoms with Crippen LogP contribution in [0.15, 0.2) is 11.1 Å². The summed E-state index contributed by atoms with van der Waals surface area (Å²) in [6.07, 6.45) is 1.93. The van der Waals surface area contributed by atoms with E-state index >= 15 is 0 Å². The van der Waals surface area contributed by atoms with Crippen molar-refractivity contribution < 1.29 is 4.79 Å². The Morgan fingerprint density at radius 2 is 2.00 bits per heavy atom. The van der Waals surface area contributed by atoms with Gasteiger partial charge in [0.25, 0.3) is 0 Å². The number of allylic oxidation sites excluding steroid dienone is 2. The zero-order chi connectivity index (χ0) is 11.8. The van der Waals surface area contributed by atoms with Gasteiger partial charge in [0.2, 0.25) is 0 Å². The lowest BCUT2D eigenvalue weighted by molar-refractivity contribution is -0.128. The number of ketones is 1. The second-order valence-electron chi connectivity index (χ2n) is 5.58. The second kappa shape index (κ2) is 4.11. The molecule has 0 bridgehead atoms. The van der Waals surface area contributed by atoms with Crippen LogP contribution in [0.2, 0.25) is 0 Å². The van der Waals surface area contributed by atoms with E-state index in [0.717, 1.165) is 12.8 Å². The van der Waals surface area contributed by atoms with Gasteiger partial charge in [0.1, 0.15) is 5.78 Å². The molecule has 1 saturated carbocycles. The lowest BCUT2D eigenvalue weighted by Crippen LogP contribution is -2.27. The first-order chi connectivity index (χ1) is 6.84. The van der Waals surface area contributed by atoms with Crippen LogP contribution in [0.25, 0.3) is 0 Å². The quantitative estimate of drug-likeness (QED) is 0.627. The highest BCUT2D eigenvalue weighted by Gasteiger charge is 2.47. The van der Waals surface area contributed by atoms with Gasteiger partial charge in [-0.25, -0.2) is 0 Å². The van der Waals surface area contributed by atoms with Gasteiger partial charge in [-0.3, -0.25) is 4.79 Å². The van der Waals surface area contributed by atoms with Crippen molar-refractivity contribution in [2.24, 2.45) is 17.3 Å². The van der Waals surface area contributed by atoms with Gasteiger partial charge < -0.3 is 0 Å². The molecule has 0 aromatic heterocycles. The van der Waals surface area contributed by atoms with E-state index < -0.39 is 0 Å². The highest BCUT2D eigenvalue weighted by Crippen LogP contribution is 2.48. The Morgan fingerprint density at radius 3 is 2.27 bits per heavy atom. The highest BCUT2D eigenvalue weighted by atomic mass is 16.1. The van der Waals surface area contributed by atoms with Crippen LogP contribution in [-0.2, 0) is 4.79 Å². The Morgan fingerprint density at radius 1 is 1.47 bits per heavy atom. The first-order valence-electron chi connectivity index (χ1n) is 6.05. The van der Waals surface area contributed by atoms with Crippen molar-refractivity contribution in [3.63, 3.8) is 0 Å². The molecule has 86 valence electrons. The molecule has 0 aromatic rings. The van der Waals surface area contributed by atoms with Crippen LogP contribution in [0.1, 0.15) is 54.4 Å². The van der Waals surface area contributed by atoms with Crippen LogP contribution in [0.3, 0.4) is 0 Å². The molecule has 15 heavy (non-hydrogen) atoms. The second-order valence-corrected chi connectivity index (χ2v) is 5.58. The minimum Gasteiger partial charge on any atom is -0.298 e. The van der Waals surface area contributed by atoms with E-state index in [1.165, 1.54) is 11.1 Å². The third-order valence-electron chi connectivity index (χ3n) is 4.09. The SMILES string of the molecule is CCC1(C)C(=O)C(C(C)C)CC1=C(C)C. The van der Waals surface area contributed by atoms with E-state index in [0.29, 0.717) is 11.7 Å². The van der Waals surface area contributed by atoms with Crippen LogP contribution in [0.5, 0.6) is 0 Å². The predicted octanol–water partition coefficient (Wildman–Crippen LogP) is 3.98. The van der Waals surface area contributed by atoms with Gasteiger partial charge in [-0.15, -0.1) is 0 Å². The fourth-order valence-corrected chi connectivity index (χ4v) is 2.78. The van der Waals surface area contributed by atoms with Gasteiger partial charge in [-0.1, -0.05) is 31.9 Å². The van der Waals surface area contributed by atoms with Crippen molar-refractivity contribution in [1.82, 2.24) is 0 Å². The van der Waals surface area contributed by atoms with Crippen molar-refractivity contribution in [3.8, 4) is 0 Å². The van der Waals surface area contributed by atoms with Crippen LogP contribution < -0.4 is 0 Å². The summed E-state index contributed by atoms with van der Waals surface area (Å²) in [6, 6.07) is 0. The maximum absolute atomic E-state index is 12.4. The number of carbonyl (C=O) groups excluding carboxylic acids is 1. The Kier molecular flexibility index (Phi) is 3.42. The Balaban J connectivity index is 3.16. The summed E-state index contributed by atoms with van der Waals surface area (Å²) in [6.45, 7) is 12.8. The fraction of sp³-hybridized carbons (Fsp3) is 0.786. The van der Waals surface area contributed by atoms with Crippen LogP contribution in [-0.4, -0.2) is 5.78 Å². The number of carbonyl (C=O) groups is 1. The smallest absolute Gasteiger partial charge is 0.146 e. The van der Waals surface area contributed by atoms with Crippen LogP contribution in [0.4, 0.5) is 0 Å². The zero-order valence-corrected chi connectivity index (χ0v) is 11.0. The molecule has 0 heterocycles. The van der Waals surface area contributed by atoms with Crippen LogP contribution in [0, 0.1) is 17.3 Å². The van der Waals surface area contributed by atoms with Gasteiger partial charge >= 0.3 is 0 Å². The van der Waals surface area contributed by atoms with E-state index in [1.807, 2.05) is 0 Å². The number of Topliss-reactive ketones (excluding diaryl/α,β-unsaturated/α-hetero) is 1. The minimum atomic E-state index is -0.173. The molecule has 2 unspecified atom stereocenters. The molecule has 1 aliphatic carbocycles. The first kappa shape index (κ1) is 12.5. The largest absolute Gasteiger partial charge is 0.298 e. The third-order valence-corrected chi connectivity index (χ3v) is 4.09. The van der Waals surface area contributed by atoms with E-state index in [1.54, 1.807) is 0 Å². The Hall–Kier alpha value is -0.590. The van der Waals surface area contributed by atoms with Crippen molar-refractivity contribution in [3.05, 3.63) is 11.1 Å². The maximum Gasteiger partial charge on any atom is 0.146 e. The van der Waals surface area contributed by atoms with Gasteiger partial charge in [0, 0.05) is 11.3 Å². The molecule has 1 rings (SSSR count). The molecular formula is C14H24O. The first-order valence-corrected chi connectivity index (χ1v) is 6.05. The normalized spacial score (nSPS) is 31.5. The average molecular weight is 208 g/mol. The molecule has 0 amide bonds. The van der Waals surface area contributed by atoms with Crippen molar-refractivity contribution in [2.45, 2.75) is 54.4 Å². The predicted molar refractivity (Wildman–Crippen MR) is 64.7 cm³/mol. The molecular weight excluding hydrogens is 184 g/mol. The summed E-state index contributed by atoms with van der Waals surface area (Å²) in [5.74, 6) is 1.19. The van der Waals surface area contributed by atoms with Crippen LogP contribution >= 0.6 is 0 Å². The summed E-state index contributed by atoms with van der Waals surface area (Å²) in [5.41, 5.74) is 2.57. The number of hydrogen-bond donors (Lipinski definition) is 0. The minimum absolute atomic E-state index is 0.173. The van der Waals surface area contributed by atoms with Gasteiger partial charge in [0.05, 0.1) is 0 Å². The average Bonchev–Trinajstić information content (AvgIpc) is 2.41. The zero-order valence-electron chi connectivity index (χ0n) is 11.0. The Bertz CT molecular complexity index is 294.